The van der Waals surface area contributed by atoms with Crippen molar-refractivity contribution in [2.45, 2.75) is 32.9 Å². The number of methoxy groups -OCH3 is 1. The summed E-state index contributed by atoms with van der Waals surface area (Å²) < 4.78 is 19.1. The molecule has 0 aromatic heterocycles. The Bertz CT molecular complexity index is 324. The van der Waals surface area contributed by atoms with Gasteiger partial charge in [-0.3, -0.25) is 4.99 Å². The summed E-state index contributed by atoms with van der Waals surface area (Å²) in [6.45, 7) is 5.36. The average Bonchev–Trinajstić information content (AvgIpc) is 2.47. The summed E-state index contributed by atoms with van der Waals surface area (Å²) in [5, 5.41) is 1.62. The number of allylic oxidation sites excluding steroid dienone is 1. The minimum Gasteiger partial charge on any atom is -0.366 e. The van der Waals surface area contributed by atoms with E-state index in [1.165, 1.54) is 0 Å². The van der Waals surface area contributed by atoms with Gasteiger partial charge in [0.2, 0.25) is 0 Å². The molecular formula is C15H30FN3O2. The first kappa shape index (κ1) is 20.0. The molecule has 0 amide bonds. The van der Waals surface area contributed by atoms with Gasteiger partial charge in [0.1, 0.15) is 6.23 Å². The minimum absolute atomic E-state index is 0.0647. The zero-order chi connectivity index (χ0) is 16.3. The number of rotatable bonds is 11. The molecule has 0 heterocycles. The topological polar surface area (TPSA) is 37.3 Å². The van der Waals surface area contributed by atoms with Crippen LogP contribution >= 0.6 is 0 Å². The van der Waals surface area contributed by atoms with E-state index in [0.717, 1.165) is 6.54 Å². The molecule has 0 spiro atoms. The highest BCUT2D eigenvalue weighted by molar-refractivity contribution is 5.54. The van der Waals surface area contributed by atoms with Gasteiger partial charge in [-0.25, -0.2) is 4.39 Å². The van der Waals surface area contributed by atoms with E-state index in [1.807, 2.05) is 25.8 Å². The van der Waals surface area contributed by atoms with E-state index >= 15 is 0 Å². The summed E-state index contributed by atoms with van der Waals surface area (Å²) in [4.78, 5) is 11.2. The summed E-state index contributed by atoms with van der Waals surface area (Å²) in [6.07, 6.45) is 4.18. The Morgan fingerprint density at radius 2 is 2.00 bits per heavy atom. The molecule has 21 heavy (non-hydrogen) atoms. The van der Waals surface area contributed by atoms with Gasteiger partial charge in [-0.1, -0.05) is 6.92 Å². The Hall–Kier alpha value is -0.980. The first-order valence-corrected chi connectivity index (χ1v) is 7.30. The van der Waals surface area contributed by atoms with Gasteiger partial charge in [-0.15, -0.1) is 0 Å². The SMILES string of the molecule is CCN(C)/C=N\CC/C(F)=C\C(C)C[C@@H](OC)N(C)OC. The Kier molecular flexibility index (Phi) is 11.1. The molecule has 5 nitrogen and oxygen atoms in total. The zero-order valence-corrected chi connectivity index (χ0v) is 14.2. The number of nitrogens with zero attached hydrogens (tertiary/aromatic N) is 3. The lowest BCUT2D eigenvalue weighted by Crippen LogP contribution is -2.33. The highest BCUT2D eigenvalue weighted by atomic mass is 19.1. The molecule has 0 bridgehead atoms. The van der Waals surface area contributed by atoms with Crippen LogP contribution in [0.2, 0.25) is 0 Å². The fourth-order valence-corrected chi connectivity index (χ4v) is 1.74. The Morgan fingerprint density at radius 1 is 1.33 bits per heavy atom. The number of hydrogen-bond acceptors (Lipinski definition) is 4. The number of halogens is 1. The number of aliphatic imine (C=N–C) groups is 1. The van der Waals surface area contributed by atoms with Crippen LogP contribution in [0.15, 0.2) is 16.9 Å². The van der Waals surface area contributed by atoms with Gasteiger partial charge in [-0.2, -0.15) is 5.06 Å². The maximum atomic E-state index is 13.8. The molecule has 124 valence electrons. The van der Waals surface area contributed by atoms with Crippen LogP contribution in [0.1, 0.15) is 26.7 Å². The van der Waals surface area contributed by atoms with Crippen LogP contribution in [-0.2, 0) is 9.57 Å². The second-order valence-electron chi connectivity index (χ2n) is 5.09. The van der Waals surface area contributed by atoms with Crippen molar-refractivity contribution in [1.29, 1.82) is 0 Å². The molecule has 0 N–H and O–H groups in total. The quantitative estimate of drug-likeness (QED) is 0.254. The normalized spacial score (nSPS) is 15.7. The van der Waals surface area contributed by atoms with E-state index in [-0.39, 0.29) is 18.0 Å². The average molecular weight is 303 g/mol. The van der Waals surface area contributed by atoms with Gasteiger partial charge < -0.3 is 14.5 Å². The highest BCUT2D eigenvalue weighted by Crippen LogP contribution is 2.16. The van der Waals surface area contributed by atoms with E-state index < -0.39 is 0 Å². The van der Waals surface area contributed by atoms with E-state index in [9.17, 15) is 4.39 Å². The standard InChI is InChI=1S/C15H30FN3O2/c1-7-18(3)12-17-9-8-14(16)10-13(2)11-15(20-5)19(4)21-6/h10,12-13,15H,7-9,11H2,1-6H3/b14-10+,17-12-/t13?,15-/m1/s1. The molecule has 0 saturated heterocycles. The van der Waals surface area contributed by atoms with Crippen LogP contribution in [0.5, 0.6) is 0 Å². The predicted octanol–water partition coefficient (Wildman–Crippen LogP) is 2.70. The fourth-order valence-electron chi connectivity index (χ4n) is 1.74. The van der Waals surface area contributed by atoms with Gasteiger partial charge >= 0.3 is 0 Å². The molecule has 0 aliphatic heterocycles. The minimum atomic E-state index is -0.190. The van der Waals surface area contributed by atoms with Crippen LogP contribution in [0.3, 0.4) is 0 Å². The largest absolute Gasteiger partial charge is 0.366 e. The fraction of sp³-hybridized carbons (Fsp3) is 0.800. The Labute approximate surface area is 128 Å². The van der Waals surface area contributed by atoms with Gasteiger partial charge in [0.05, 0.1) is 19.3 Å². The third-order valence-corrected chi connectivity index (χ3v) is 3.26. The van der Waals surface area contributed by atoms with Gasteiger partial charge in [-0.05, 0) is 25.3 Å². The molecule has 6 heteroatoms. The smallest absolute Gasteiger partial charge is 0.132 e. The van der Waals surface area contributed by atoms with Crippen LogP contribution in [-0.4, -0.2) is 63.9 Å². The maximum absolute atomic E-state index is 13.8. The molecule has 0 saturated carbocycles. The first-order chi connectivity index (χ1) is 9.94. The highest BCUT2D eigenvalue weighted by Gasteiger charge is 2.16. The van der Waals surface area contributed by atoms with Crippen molar-refractivity contribution in [3.05, 3.63) is 11.9 Å². The number of hydroxylamine groups is 2. The van der Waals surface area contributed by atoms with E-state index in [1.54, 1.807) is 38.7 Å². The Balaban J connectivity index is 4.20. The lowest BCUT2D eigenvalue weighted by atomic mass is 10.1. The van der Waals surface area contributed by atoms with E-state index in [4.69, 9.17) is 9.57 Å². The van der Waals surface area contributed by atoms with Crippen molar-refractivity contribution in [1.82, 2.24) is 9.96 Å². The van der Waals surface area contributed by atoms with Crippen molar-refractivity contribution in [3.63, 3.8) is 0 Å². The zero-order valence-electron chi connectivity index (χ0n) is 14.2. The van der Waals surface area contributed by atoms with Crippen LogP contribution in [0.4, 0.5) is 4.39 Å². The molecule has 1 unspecified atom stereocenters. The summed E-state index contributed by atoms with van der Waals surface area (Å²) in [5.41, 5.74) is 0. The van der Waals surface area contributed by atoms with E-state index in [2.05, 4.69) is 4.99 Å². The summed E-state index contributed by atoms with van der Waals surface area (Å²) in [6, 6.07) is 0. The van der Waals surface area contributed by atoms with Crippen molar-refractivity contribution in [2.75, 3.05) is 41.4 Å². The second-order valence-corrected chi connectivity index (χ2v) is 5.09. The van der Waals surface area contributed by atoms with Crippen molar-refractivity contribution in [2.24, 2.45) is 10.9 Å². The maximum Gasteiger partial charge on any atom is 0.132 e. The molecule has 0 rings (SSSR count). The summed E-state index contributed by atoms with van der Waals surface area (Å²) >= 11 is 0. The third kappa shape index (κ3) is 9.55. The molecule has 2 atom stereocenters. The lowest BCUT2D eigenvalue weighted by Gasteiger charge is -2.25. The van der Waals surface area contributed by atoms with Gasteiger partial charge in [0.25, 0.3) is 0 Å². The van der Waals surface area contributed by atoms with Crippen molar-refractivity contribution >= 4 is 6.34 Å². The first-order valence-electron chi connectivity index (χ1n) is 7.30. The molecule has 0 aliphatic carbocycles. The molecule has 0 radical (unpaired) electrons. The molecule has 0 fully saturated rings. The molecule has 0 aliphatic rings. The van der Waals surface area contributed by atoms with Crippen molar-refractivity contribution < 1.29 is 14.0 Å². The number of ether oxygens (including phenoxy) is 1. The Morgan fingerprint density at radius 3 is 2.52 bits per heavy atom. The molecule has 0 aromatic rings. The van der Waals surface area contributed by atoms with Crippen LogP contribution in [0, 0.1) is 5.92 Å². The van der Waals surface area contributed by atoms with Crippen LogP contribution in [0.25, 0.3) is 0 Å². The lowest BCUT2D eigenvalue weighted by molar-refractivity contribution is -0.216. The van der Waals surface area contributed by atoms with Crippen molar-refractivity contribution in [3.8, 4) is 0 Å². The number of hydrogen-bond donors (Lipinski definition) is 0. The second kappa shape index (κ2) is 11.7. The molecular weight excluding hydrogens is 273 g/mol. The monoisotopic (exact) mass is 303 g/mol. The van der Waals surface area contributed by atoms with E-state index in [0.29, 0.717) is 19.4 Å². The van der Waals surface area contributed by atoms with Crippen LogP contribution < -0.4 is 0 Å². The molecule has 0 aromatic carbocycles. The van der Waals surface area contributed by atoms with Gasteiger partial charge in [0.15, 0.2) is 0 Å². The summed E-state index contributed by atoms with van der Waals surface area (Å²) in [7, 11) is 6.93. The summed E-state index contributed by atoms with van der Waals surface area (Å²) in [5.74, 6) is -0.0661. The third-order valence-electron chi connectivity index (χ3n) is 3.26. The van der Waals surface area contributed by atoms with Gasteiger partial charge in [0, 0.05) is 40.7 Å². The predicted molar refractivity (Wildman–Crippen MR) is 84.8 cm³/mol.